The molecular weight excluding hydrogens is 278 g/mol. The highest BCUT2D eigenvalue weighted by Crippen LogP contribution is 2.26. The molecule has 2 unspecified atom stereocenters. The molecule has 2 rings (SSSR count). The second-order valence-corrected chi connectivity index (χ2v) is 5.27. The number of rotatable bonds is 3. The number of ether oxygens (including phenoxy) is 1. The van der Waals surface area contributed by atoms with Crippen LogP contribution in [0.25, 0.3) is 0 Å². The first-order valence-electron chi connectivity index (χ1n) is 5.32. The van der Waals surface area contributed by atoms with E-state index in [0.717, 1.165) is 25.2 Å². The Hall–Kier alpha value is -0.480. The second-order valence-electron chi connectivity index (χ2n) is 4.09. The molecule has 0 aromatic heterocycles. The van der Waals surface area contributed by atoms with Crippen molar-refractivity contribution in [2.45, 2.75) is 17.7 Å². The molecule has 1 aliphatic rings. The van der Waals surface area contributed by atoms with Gasteiger partial charge in [-0.3, -0.25) is 0 Å². The molecule has 0 N–H and O–H groups in total. The first-order chi connectivity index (χ1) is 7.66. The van der Waals surface area contributed by atoms with E-state index in [9.17, 15) is 8.78 Å². The van der Waals surface area contributed by atoms with Crippen LogP contribution in [0.1, 0.15) is 12.0 Å². The van der Waals surface area contributed by atoms with Crippen LogP contribution in [0.3, 0.4) is 0 Å². The van der Waals surface area contributed by atoms with Gasteiger partial charge in [0.05, 0.1) is 6.61 Å². The molecule has 0 radical (unpaired) electrons. The van der Waals surface area contributed by atoms with E-state index in [1.54, 1.807) is 6.07 Å². The van der Waals surface area contributed by atoms with E-state index in [4.69, 9.17) is 4.74 Å². The molecule has 16 heavy (non-hydrogen) atoms. The predicted molar refractivity (Wildman–Crippen MR) is 61.7 cm³/mol. The highest BCUT2D eigenvalue weighted by atomic mass is 79.9. The average Bonchev–Trinajstić information content (AvgIpc) is 2.77. The minimum absolute atomic E-state index is 0.264. The van der Waals surface area contributed by atoms with Gasteiger partial charge in [0.15, 0.2) is 11.6 Å². The summed E-state index contributed by atoms with van der Waals surface area (Å²) in [7, 11) is 0. The summed E-state index contributed by atoms with van der Waals surface area (Å²) in [5, 5.41) is 0. The largest absolute Gasteiger partial charge is 0.381 e. The molecule has 88 valence electrons. The van der Waals surface area contributed by atoms with Gasteiger partial charge in [0.25, 0.3) is 0 Å². The fourth-order valence-electron chi connectivity index (χ4n) is 1.90. The zero-order chi connectivity index (χ0) is 11.5. The van der Waals surface area contributed by atoms with Crippen molar-refractivity contribution >= 4 is 15.9 Å². The van der Waals surface area contributed by atoms with Gasteiger partial charge >= 0.3 is 0 Å². The number of halogens is 3. The lowest BCUT2D eigenvalue weighted by atomic mass is 9.99. The van der Waals surface area contributed by atoms with Crippen LogP contribution >= 0.6 is 15.9 Å². The van der Waals surface area contributed by atoms with Crippen molar-refractivity contribution < 1.29 is 13.5 Å². The maximum Gasteiger partial charge on any atom is 0.159 e. The van der Waals surface area contributed by atoms with E-state index in [2.05, 4.69) is 15.9 Å². The van der Waals surface area contributed by atoms with Crippen LogP contribution < -0.4 is 0 Å². The molecule has 0 amide bonds. The Bertz CT molecular complexity index is 364. The Labute approximate surface area is 102 Å². The Morgan fingerprint density at radius 2 is 2.19 bits per heavy atom. The number of hydrogen-bond acceptors (Lipinski definition) is 1. The van der Waals surface area contributed by atoms with E-state index in [1.165, 1.54) is 12.1 Å². The molecule has 0 bridgehead atoms. The molecule has 1 saturated heterocycles. The molecule has 1 aromatic carbocycles. The van der Waals surface area contributed by atoms with E-state index >= 15 is 0 Å². The van der Waals surface area contributed by atoms with Gasteiger partial charge in [-0.05, 0) is 36.5 Å². The van der Waals surface area contributed by atoms with Crippen LogP contribution in [0.2, 0.25) is 0 Å². The normalized spacial score (nSPS) is 22.3. The van der Waals surface area contributed by atoms with Crippen LogP contribution in [-0.4, -0.2) is 18.0 Å². The van der Waals surface area contributed by atoms with E-state index in [0.29, 0.717) is 12.3 Å². The van der Waals surface area contributed by atoms with Gasteiger partial charge in [0.2, 0.25) is 0 Å². The van der Waals surface area contributed by atoms with Gasteiger partial charge in [-0.25, -0.2) is 8.78 Å². The molecule has 0 aliphatic carbocycles. The van der Waals surface area contributed by atoms with Crippen molar-refractivity contribution in [1.29, 1.82) is 0 Å². The van der Waals surface area contributed by atoms with Crippen molar-refractivity contribution in [2.75, 3.05) is 13.2 Å². The highest BCUT2D eigenvalue weighted by Gasteiger charge is 2.23. The lowest BCUT2D eigenvalue weighted by Crippen LogP contribution is -2.17. The minimum atomic E-state index is -0.793. The molecule has 0 spiro atoms. The summed E-state index contributed by atoms with van der Waals surface area (Å²) in [6, 6.07) is 4.07. The first-order valence-corrected chi connectivity index (χ1v) is 6.24. The van der Waals surface area contributed by atoms with E-state index in [1.807, 2.05) is 0 Å². The third kappa shape index (κ3) is 2.80. The molecule has 2 atom stereocenters. The Kier molecular flexibility index (Phi) is 3.92. The second kappa shape index (κ2) is 5.23. The molecular formula is C12H13BrF2O. The fraction of sp³-hybridized carbons (Fsp3) is 0.500. The van der Waals surface area contributed by atoms with Crippen LogP contribution in [0.15, 0.2) is 18.2 Å². The van der Waals surface area contributed by atoms with Crippen molar-refractivity contribution in [3.63, 3.8) is 0 Å². The van der Waals surface area contributed by atoms with Crippen LogP contribution in [0.4, 0.5) is 8.78 Å². The van der Waals surface area contributed by atoms with Crippen LogP contribution in [-0.2, 0) is 11.2 Å². The summed E-state index contributed by atoms with van der Waals surface area (Å²) >= 11 is 3.59. The van der Waals surface area contributed by atoms with E-state index in [-0.39, 0.29) is 4.83 Å². The summed E-state index contributed by atoms with van der Waals surface area (Å²) in [4.78, 5) is 0.264. The topological polar surface area (TPSA) is 9.23 Å². The standard InChI is InChI=1S/C12H13BrF2O/c13-10(9-3-4-16-7-9)5-8-1-2-11(14)12(15)6-8/h1-2,6,9-10H,3-5,7H2. The molecule has 1 fully saturated rings. The summed E-state index contributed by atoms with van der Waals surface area (Å²) in [5.74, 6) is -1.10. The van der Waals surface area contributed by atoms with Gasteiger partial charge in [0.1, 0.15) is 0 Å². The summed E-state index contributed by atoms with van der Waals surface area (Å²) in [6.07, 6.45) is 1.73. The highest BCUT2D eigenvalue weighted by molar-refractivity contribution is 9.09. The van der Waals surface area contributed by atoms with Gasteiger partial charge in [-0.1, -0.05) is 22.0 Å². The van der Waals surface area contributed by atoms with Gasteiger partial charge < -0.3 is 4.74 Å². The Morgan fingerprint density at radius 3 is 2.81 bits per heavy atom. The number of hydrogen-bond donors (Lipinski definition) is 0. The summed E-state index contributed by atoms with van der Waals surface area (Å²) < 4.78 is 31.0. The Morgan fingerprint density at radius 1 is 1.38 bits per heavy atom. The van der Waals surface area contributed by atoms with Crippen molar-refractivity contribution in [2.24, 2.45) is 5.92 Å². The lowest BCUT2D eigenvalue weighted by Gasteiger charge is -2.15. The predicted octanol–water partition coefficient (Wildman–Crippen LogP) is 3.31. The SMILES string of the molecule is Fc1ccc(CC(Br)C2CCOC2)cc1F. The summed E-state index contributed by atoms with van der Waals surface area (Å²) in [6.45, 7) is 1.55. The lowest BCUT2D eigenvalue weighted by molar-refractivity contribution is 0.185. The first kappa shape index (κ1) is 12.0. The minimum Gasteiger partial charge on any atom is -0.381 e. The smallest absolute Gasteiger partial charge is 0.159 e. The van der Waals surface area contributed by atoms with Crippen LogP contribution in [0.5, 0.6) is 0 Å². The Balaban J connectivity index is 1.99. The fourth-order valence-corrected chi connectivity index (χ4v) is 2.69. The maximum absolute atomic E-state index is 13.0. The number of benzene rings is 1. The summed E-state index contributed by atoms with van der Waals surface area (Å²) in [5.41, 5.74) is 0.813. The van der Waals surface area contributed by atoms with Gasteiger partial charge in [0, 0.05) is 11.4 Å². The van der Waals surface area contributed by atoms with Crippen LogP contribution in [0, 0.1) is 17.6 Å². The van der Waals surface area contributed by atoms with Gasteiger partial charge in [-0.2, -0.15) is 0 Å². The van der Waals surface area contributed by atoms with Crippen molar-refractivity contribution in [3.05, 3.63) is 35.4 Å². The molecule has 1 heterocycles. The number of alkyl halides is 1. The van der Waals surface area contributed by atoms with E-state index < -0.39 is 11.6 Å². The molecule has 1 nitrogen and oxygen atoms in total. The maximum atomic E-state index is 13.0. The molecule has 4 heteroatoms. The zero-order valence-electron chi connectivity index (χ0n) is 8.76. The molecule has 1 aliphatic heterocycles. The average molecular weight is 291 g/mol. The quantitative estimate of drug-likeness (QED) is 0.776. The molecule has 0 saturated carbocycles. The third-order valence-electron chi connectivity index (χ3n) is 2.89. The monoisotopic (exact) mass is 290 g/mol. The van der Waals surface area contributed by atoms with Crippen molar-refractivity contribution in [1.82, 2.24) is 0 Å². The van der Waals surface area contributed by atoms with Crippen molar-refractivity contribution in [3.8, 4) is 0 Å². The third-order valence-corrected chi connectivity index (χ3v) is 3.96. The van der Waals surface area contributed by atoms with Gasteiger partial charge in [-0.15, -0.1) is 0 Å². The zero-order valence-corrected chi connectivity index (χ0v) is 10.3. The molecule has 1 aromatic rings.